The summed E-state index contributed by atoms with van der Waals surface area (Å²) >= 11 is 6.28. The number of carbonyl (C=O) groups is 1. The molecule has 1 saturated heterocycles. The van der Waals surface area contributed by atoms with Crippen molar-refractivity contribution >= 4 is 17.5 Å². The third-order valence-corrected chi connectivity index (χ3v) is 7.81. The standard InChI is InChI=1S/C26H30ClFN2O6/c1-13-10-14(2)30-24(31)17(13)11-29-25(32)19-15(3)22-23(20(27)21(19)28)33-12-18(36-22)16-4-6-26(7-5-16)34-8-9-35-26/h10,16,18H,4-9,11-12H2,1-3H3,(H,29,32)(H,30,31)/t18-/m1/s1. The molecule has 2 N–H and O–H groups in total. The topological polar surface area (TPSA) is 98.9 Å². The summed E-state index contributed by atoms with van der Waals surface area (Å²) in [4.78, 5) is 28.1. The third-order valence-electron chi connectivity index (χ3n) is 7.47. The van der Waals surface area contributed by atoms with Gasteiger partial charge in [0.25, 0.3) is 11.5 Å². The van der Waals surface area contributed by atoms with Crippen LogP contribution in [0.5, 0.6) is 11.5 Å². The van der Waals surface area contributed by atoms with Gasteiger partial charge in [0, 0.05) is 36.2 Å². The predicted molar refractivity (Wildman–Crippen MR) is 130 cm³/mol. The quantitative estimate of drug-likeness (QED) is 0.630. The summed E-state index contributed by atoms with van der Waals surface area (Å²) < 4.78 is 39.0. The fraction of sp³-hybridized carbons (Fsp3) is 0.538. The number of rotatable bonds is 4. The minimum Gasteiger partial charge on any atom is -0.484 e. The lowest BCUT2D eigenvalue weighted by Crippen LogP contribution is -2.43. The number of ether oxygens (including phenoxy) is 4. The average molecular weight is 521 g/mol. The molecule has 10 heteroatoms. The van der Waals surface area contributed by atoms with Crippen molar-refractivity contribution in [2.45, 2.75) is 64.9 Å². The lowest BCUT2D eigenvalue weighted by atomic mass is 9.81. The third kappa shape index (κ3) is 4.48. The average Bonchev–Trinajstić information content (AvgIpc) is 3.30. The first-order chi connectivity index (χ1) is 17.2. The molecule has 3 aliphatic rings. The number of carbonyl (C=O) groups excluding carboxylic acids is 1. The van der Waals surface area contributed by atoms with E-state index in [9.17, 15) is 9.59 Å². The summed E-state index contributed by atoms with van der Waals surface area (Å²) in [5.41, 5.74) is 1.65. The molecule has 194 valence electrons. The highest BCUT2D eigenvalue weighted by Crippen LogP contribution is 2.47. The number of pyridine rings is 1. The van der Waals surface area contributed by atoms with Crippen LogP contribution < -0.4 is 20.3 Å². The fourth-order valence-corrected chi connectivity index (χ4v) is 5.71. The van der Waals surface area contributed by atoms with E-state index in [0.717, 1.165) is 36.9 Å². The molecule has 5 rings (SSSR count). The molecule has 2 aromatic rings. The number of aromatic amines is 1. The predicted octanol–water partition coefficient (Wildman–Crippen LogP) is 4.10. The van der Waals surface area contributed by atoms with Crippen LogP contribution in [-0.2, 0) is 16.0 Å². The van der Waals surface area contributed by atoms with Crippen LogP contribution in [0.2, 0.25) is 5.02 Å². The highest BCUT2D eigenvalue weighted by molar-refractivity contribution is 6.33. The molecular weight excluding hydrogens is 491 g/mol. The number of hydrogen-bond donors (Lipinski definition) is 2. The SMILES string of the molecule is Cc1cc(C)c(CNC(=O)c2c(C)c3c(c(Cl)c2F)OC[C@H](C2CCC4(CC2)OCCO4)O3)c(=O)[nH]1. The molecule has 36 heavy (non-hydrogen) atoms. The number of H-pyrrole nitrogens is 1. The van der Waals surface area contributed by atoms with Crippen molar-refractivity contribution in [1.29, 1.82) is 0 Å². The van der Waals surface area contributed by atoms with E-state index in [-0.39, 0.29) is 52.8 Å². The van der Waals surface area contributed by atoms with Crippen LogP contribution in [0, 0.1) is 32.5 Å². The van der Waals surface area contributed by atoms with E-state index in [2.05, 4.69) is 10.3 Å². The molecule has 0 bridgehead atoms. The Bertz CT molecular complexity index is 1250. The number of benzene rings is 1. The van der Waals surface area contributed by atoms with Gasteiger partial charge in [-0.05, 0) is 51.2 Å². The van der Waals surface area contributed by atoms with Crippen LogP contribution in [-0.4, -0.2) is 42.6 Å². The van der Waals surface area contributed by atoms with Crippen molar-refractivity contribution in [2.75, 3.05) is 19.8 Å². The molecule has 0 unspecified atom stereocenters. The summed E-state index contributed by atoms with van der Waals surface area (Å²) in [5.74, 6) is -1.45. The van der Waals surface area contributed by atoms with E-state index in [0.29, 0.717) is 24.3 Å². The Morgan fingerprint density at radius 2 is 1.89 bits per heavy atom. The van der Waals surface area contributed by atoms with Crippen LogP contribution in [0.1, 0.15) is 58.4 Å². The smallest absolute Gasteiger partial charge is 0.254 e. The van der Waals surface area contributed by atoms with Crippen molar-refractivity contribution in [2.24, 2.45) is 5.92 Å². The van der Waals surface area contributed by atoms with Crippen molar-refractivity contribution < 1.29 is 28.1 Å². The lowest BCUT2D eigenvalue weighted by molar-refractivity contribution is -0.187. The first-order valence-electron chi connectivity index (χ1n) is 12.3. The highest BCUT2D eigenvalue weighted by atomic mass is 35.5. The zero-order chi connectivity index (χ0) is 25.6. The minimum atomic E-state index is -0.878. The van der Waals surface area contributed by atoms with E-state index >= 15 is 4.39 Å². The number of nitrogens with one attached hydrogen (secondary N) is 2. The second kappa shape index (κ2) is 9.68. The first kappa shape index (κ1) is 25.0. The Hall–Kier alpha value is -2.62. The second-order valence-corrected chi connectivity index (χ2v) is 10.2. The number of aryl methyl sites for hydroxylation is 2. The molecule has 1 aromatic carbocycles. The van der Waals surface area contributed by atoms with E-state index < -0.39 is 17.5 Å². The summed E-state index contributed by atoms with van der Waals surface area (Å²) in [6, 6.07) is 1.81. The molecule has 1 spiro atoms. The van der Waals surface area contributed by atoms with Gasteiger partial charge in [-0.2, -0.15) is 0 Å². The Morgan fingerprint density at radius 1 is 1.19 bits per heavy atom. The molecule has 1 saturated carbocycles. The van der Waals surface area contributed by atoms with E-state index in [1.807, 2.05) is 6.07 Å². The summed E-state index contributed by atoms with van der Waals surface area (Å²) in [6.07, 6.45) is 2.98. The van der Waals surface area contributed by atoms with Crippen molar-refractivity contribution in [3.8, 4) is 11.5 Å². The molecule has 3 heterocycles. The van der Waals surface area contributed by atoms with Gasteiger partial charge in [-0.3, -0.25) is 9.59 Å². The van der Waals surface area contributed by atoms with Crippen LogP contribution in [0.3, 0.4) is 0 Å². The van der Waals surface area contributed by atoms with Gasteiger partial charge in [-0.15, -0.1) is 0 Å². The molecule has 1 aliphatic carbocycles. The van der Waals surface area contributed by atoms with Crippen molar-refractivity contribution in [3.63, 3.8) is 0 Å². The van der Waals surface area contributed by atoms with Crippen LogP contribution in [0.15, 0.2) is 10.9 Å². The van der Waals surface area contributed by atoms with Gasteiger partial charge < -0.3 is 29.2 Å². The van der Waals surface area contributed by atoms with Gasteiger partial charge >= 0.3 is 0 Å². The molecule has 1 amide bonds. The zero-order valence-electron chi connectivity index (χ0n) is 20.6. The second-order valence-electron chi connectivity index (χ2n) is 9.82. The van der Waals surface area contributed by atoms with Gasteiger partial charge in [-0.25, -0.2) is 4.39 Å². The molecule has 0 radical (unpaired) electrons. The van der Waals surface area contributed by atoms with Gasteiger partial charge in [0.15, 0.2) is 23.1 Å². The molecule has 1 aromatic heterocycles. The van der Waals surface area contributed by atoms with Crippen molar-refractivity contribution in [3.05, 3.63) is 55.2 Å². The largest absolute Gasteiger partial charge is 0.484 e. The molecule has 8 nitrogen and oxygen atoms in total. The molecule has 1 atom stereocenters. The maximum Gasteiger partial charge on any atom is 0.254 e. The molecular formula is C26H30ClFN2O6. The molecule has 2 aliphatic heterocycles. The normalized spacial score (nSPS) is 21.1. The number of halogens is 2. The number of amides is 1. The van der Waals surface area contributed by atoms with E-state index in [1.165, 1.54) is 0 Å². The molecule has 2 fully saturated rings. The summed E-state index contributed by atoms with van der Waals surface area (Å²) in [5, 5.41) is 2.36. The summed E-state index contributed by atoms with van der Waals surface area (Å²) in [6.45, 7) is 6.60. The Morgan fingerprint density at radius 3 is 2.56 bits per heavy atom. The Balaban J connectivity index is 1.34. The monoisotopic (exact) mass is 520 g/mol. The van der Waals surface area contributed by atoms with Crippen LogP contribution in [0.4, 0.5) is 4.39 Å². The van der Waals surface area contributed by atoms with Crippen molar-refractivity contribution in [1.82, 2.24) is 10.3 Å². The number of hydrogen-bond acceptors (Lipinski definition) is 6. The van der Waals surface area contributed by atoms with Gasteiger partial charge in [0.05, 0.1) is 18.8 Å². The Labute approximate surface area is 213 Å². The summed E-state index contributed by atoms with van der Waals surface area (Å²) in [7, 11) is 0. The van der Waals surface area contributed by atoms with E-state index in [4.69, 9.17) is 30.5 Å². The van der Waals surface area contributed by atoms with Crippen LogP contribution in [0.25, 0.3) is 0 Å². The Kier molecular flexibility index (Phi) is 6.74. The van der Waals surface area contributed by atoms with E-state index in [1.54, 1.807) is 20.8 Å². The van der Waals surface area contributed by atoms with Gasteiger partial charge in [0.1, 0.15) is 17.7 Å². The zero-order valence-corrected chi connectivity index (χ0v) is 21.4. The van der Waals surface area contributed by atoms with Crippen LogP contribution >= 0.6 is 11.6 Å². The van der Waals surface area contributed by atoms with Gasteiger partial charge in [0.2, 0.25) is 0 Å². The lowest BCUT2D eigenvalue weighted by Gasteiger charge is -2.40. The minimum absolute atomic E-state index is 0.0538. The fourth-order valence-electron chi connectivity index (χ4n) is 5.48. The number of aromatic nitrogens is 1. The van der Waals surface area contributed by atoms with Gasteiger partial charge in [-0.1, -0.05) is 11.6 Å². The number of fused-ring (bicyclic) bond motifs is 1. The first-order valence-corrected chi connectivity index (χ1v) is 12.6. The maximum absolute atomic E-state index is 15.2. The maximum atomic E-state index is 15.2. The highest BCUT2D eigenvalue weighted by Gasteiger charge is 2.44.